The maximum atomic E-state index is 13.4. The summed E-state index contributed by atoms with van der Waals surface area (Å²) in [7, 11) is 0. The number of ether oxygens (including phenoxy) is 1. The molecule has 0 saturated carbocycles. The van der Waals surface area contributed by atoms with Gasteiger partial charge in [-0.25, -0.2) is 0 Å². The number of nitrogens with zero attached hydrogens (tertiary/aromatic N) is 1. The Hall–Kier alpha value is -3.20. The molecule has 3 aromatic rings. The van der Waals surface area contributed by atoms with Crippen molar-refractivity contribution in [3.05, 3.63) is 70.8 Å². The van der Waals surface area contributed by atoms with Crippen molar-refractivity contribution in [2.24, 2.45) is 0 Å². The molecule has 1 unspecified atom stereocenters. The molecule has 6 nitrogen and oxygen atoms in total. The number of anilines is 1. The third-order valence-electron chi connectivity index (χ3n) is 4.15. The molecule has 2 heterocycles. The molecule has 31 heavy (non-hydrogen) atoms. The third kappa shape index (κ3) is 5.69. The molecule has 0 saturated heterocycles. The molecule has 1 aromatic carbocycles. The first-order valence-corrected chi connectivity index (χ1v) is 10.4. The number of carbonyl (C=O) groups is 2. The average molecular weight is 448 g/mol. The normalized spacial score (nSPS) is 12.5. The topological polar surface area (TPSA) is 71.8 Å². The van der Waals surface area contributed by atoms with Crippen molar-refractivity contribution in [1.29, 1.82) is 0 Å². The number of amides is 2. The maximum Gasteiger partial charge on any atom is 0.387 e. The highest BCUT2D eigenvalue weighted by Crippen LogP contribution is 2.32. The number of halogens is 2. The molecule has 2 aromatic heterocycles. The average Bonchev–Trinajstić information content (AvgIpc) is 3.38. The summed E-state index contributed by atoms with van der Waals surface area (Å²) in [6.45, 7) is 2.54. The largest absolute Gasteiger partial charge is 0.459 e. The Morgan fingerprint density at radius 1 is 1.13 bits per heavy atom. The summed E-state index contributed by atoms with van der Waals surface area (Å²) in [6, 6.07) is 9.34. The van der Waals surface area contributed by atoms with Crippen molar-refractivity contribution >= 4 is 28.8 Å². The number of hydrogen-bond donors (Lipinski definition) is 1. The van der Waals surface area contributed by atoms with Gasteiger partial charge in [0, 0.05) is 11.2 Å². The zero-order valence-electron chi connectivity index (χ0n) is 17.2. The predicted molar refractivity (Wildman–Crippen MR) is 114 cm³/mol. The Morgan fingerprint density at radius 2 is 1.84 bits per heavy atom. The molecule has 0 radical (unpaired) electrons. The lowest BCUT2D eigenvalue weighted by Crippen LogP contribution is -2.49. The second-order valence-corrected chi connectivity index (χ2v) is 8.50. The third-order valence-corrected chi connectivity index (χ3v) is 4.86. The van der Waals surface area contributed by atoms with Gasteiger partial charge < -0.3 is 14.5 Å². The van der Waals surface area contributed by atoms with Crippen LogP contribution in [0.5, 0.6) is 5.75 Å². The smallest absolute Gasteiger partial charge is 0.387 e. The van der Waals surface area contributed by atoms with Gasteiger partial charge in [0.15, 0.2) is 5.76 Å². The summed E-state index contributed by atoms with van der Waals surface area (Å²) in [5, 5.41) is 6.50. The van der Waals surface area contributed by atoms with Crippen molar-refractivity contribution in [3.8, 4) is 5.75 Å². The molecule has 9 heteroatoms. The Kier molecular flexibility index (Phi) is 6.74. The van der Waals surface area contributed by atoms with E-state index in [4.69, 9.17) is 4.42 Å². The van der Waals surface area contributed by atoms with Crippen LogP contribution in [0.3, 0.4) is 0 Å². The lowest BCUT2D eigenvalue weighted by molar-refractivity contribution is -0.123. The van der Waals surface area contributed by atoms with Gasteiger partial charge in [0.05, 0.1) is 6.26 Å². The second kappa shape index (κ2) is 9.30. The number of nitrogens with one attached hydrogen (secondary N) is 1. The van der Waals surface area contributed by atoms with Crippen LogP contribution in [0, 0.1) is 0 Å². The molecule has 1 atom stereocenters. The minimum atomic E-state index is -2.97. The molecular weight excluding hydrogens is 426 g/mol. The standard InChI is InChI=1S/C22H22F2N2O4S/c1-22(2,3)25-19(27)18(14-10-12-31-13-14)26(20(28)17-5-4-11-29-17)15-6-8-16(9-7-15)30-21(23)24/h4-13,18,21H,1-3H3,(H,25,27). The molecule has 164 valence electrons. The van der Waals surface area contributed by atoms with Crippen LogP contribution in [0.25, 0.3) is 0 Å². The van der Waals surface area contributed by atoms with E-state index < -0.39 is 30.0 Å². The Balaban J connectivity index is 2.08. The first kappa shape index (κ1) is 22.5. The Morgan fingerprint density at radius 3 is 2.35 bits per heavy atom. The van der Waals surface area contributed by atoms with Gasteiger partial charge >= 0.3 is 6.61 Å². The van der Waals surface area contributed by atoms with Crippen molar-refractivity contribution in [3.63, 3.8) is 0 Å². The molecule has 0 bridgehead atoms. The van der Waals surface area contributed by atoms with E-state index in [0.717, 1.165) is 0 Å². The molecule has 3 rings (SSSR count). The fraction of sp³-hybridized carbons (Fsp3) is 0.273. The second-order valence-electron chi connectivity index (χ2n) is 7.72. The summed E-state index contributed by atoms with van der Waals surface area (Å²) in [6.07, 6.45) is 1.36. The summed E-state index contributed by atoms with van der Waals surface area (Å²) in [4.78, 5) is 28.0. The van der Waals surface area contributed by atoms with Crippen LogP contribution in [-0.2, 0) is 4.79 Å². The number of rotatable bonds is 7. The van der Waals surface area contributed by atoms with Crippen molar-refractivity contribution in [2.75, 3.05) is 4.90 Å². The molecular formula is C22H22F2N2O4S. The first-order valence-electron chi connectivity index (χ1n) is 9.42. The molecule has 0 aliphatic carbocycles. The van der Waals surface area contributed by atoms with E-state index >= 15 is 0 Å². The molecule has 0 fully saturated rings. The lowest BCUT2D eigenvalue weighted by atomic mass is 10.0. The van der Waals surface area contributed by atoms with Gasteiger partial charge in [-0.3, -0.25) is 14.5 Å². The van der Waals surface area contributed by atoms with Gasteiger partial charge in [0.1, 0.15) is 11.8 Å². The van der Waals surface area contributed by atoms with E-state index in [9.17, 15) is 18.4 Å². The number of furan rings is 1. The van der Waals surface area contributed by atoms with Crippen LogP contribution in [-0.4, -0.2) is 24.0 Å². The van der Waals surface area contributed by atoms with Gasteiger partial charge in [0.2, 0.25) is 5.91 Å². The van der Waals surface area contributed by atoms with E-state index in [1.165, 1.54) is 52.8 Å². The van der Waals surface area contributed by atoms with Crippen LogP contribution in [0.4, 0.5) is 14.5 Å². The minimum absolute atomic E-state index is 0.0386. The van der Waals surface area contributed by atoms with Crippen LogP contribution in [0.1, 0.15) is 42.9 Å². The quantitative estimate of drug-likeness (QED) is 0.536. The fourth-order valence-electron chi connectivity index (χ4n) is 2.98. The SMILES string of the molecule is CC(C)(C)NC(=O)C(c1ccsc1)N(C(=O)c1ccco1)c1ccc(OC(F)F)cc1. The molecule has 0 spiro atoms. The van der Waals surface area contributed by atoms with Crippen molar-refractivity contribution in [2.45, 2.75) is 39.0 Å². The van der Waals surface area contributed by atoms with E-state index in [0.29, 0.717) is 11.3 Å². The number of hydrogen-bond acceptors (Lipinski definition) is 5. The van der Waals surface area contributed by atoms with Gasteiger partial charge in [-0.1, -0.05) is 0 Å². The van der Waals surface area contributed by atoms with Crippen molar-refractivity contribution < 1.29 is 27.5 Å². The van der Waals surface area contributed by atoms with Gasteiger partial charge in [-0.15, -0.1) is 0 Å². The summed E-state index contributed by atoms with van der Waals surface area (Å²) < 4.78 is 34.7. The highest BCUT2D eigenvalue weighted by molar-refractivity contribution is 7.08. The molecule has 0 aliphatic heterocycles. The number of alkyl halides is 2. The lowest BCUT2D eigenvalue weighted by Gasteiger charge is -2.32. The zero-order chi connectivity index (χ0) is 22.6. The first-order chi connectivity index (χ1) is 14.7. The fourth-order valence-corrected chi connectivity index (χ4v) is 3.66. The Bertz CT molecular complexity index is 997. The number of benzene rings is 1. The van der Waals surface area contributed by atoms with Crippen LogP contribution < -0.4 is 15.0 Å². The monoisotopic (exact) mass is 448 g/mol. The van der Waals surface area contributed by atoms with Gasteiger partial charge in [0.25, 0.3) is 5.91 Å². The summed E-state index contributed by atoms with van der Waals surface area (Å²) >= 11 is 1.39. The zero-order valence-corrected chi connectivity index (χ0v) is 18.0. The van der Waals surface area contributed by atoms with E-state index in [1.54, 1.807) is 17.5 Å². The minimum Gasteiger partial charge on any atom is -0.459 e. The van der Waals surface area contributed by atoms with Crippen LogP contribution >= 0.6 is 11.3 Å². The van der Waals surface area contributed by atoms with Gasteiger partial charge in [-0.05, 0) is 79.6 Å². The predicted octanol–water partition coefficient (Wildman–Crippen LogP) is 5.25. The van der Waals surface area contributed by atoms with E-state index in [-0.39, 0.29) is 11.5 Å². The van der Waals surface area contributed by atoms with E-state index in [1.807, 2.05) is 26.2 Å². The number of carbonyl (C=O) groups excluding carboxylic acids is 2. The highest BCUT2D eigenvalue weighted by Gasteiger charge is 2.36. The van der Waals surface area contributed by atoms with Crippen LogP contribution in [0.2, 0.25) is 0 Å². The van der Waals surface area contributed by atoms with Crippen LogP contribution in [0.15, 0.2) is 63.9 Å². The summed E-state index contributed by atoms with van der Waals surface area (Å²) in [5.74, 6) is -0.960. The number of thiophene rings is 1. The molecule has 1 N–H and O–H groups in total. The molecule has 0 aliphatic rings. The molecule has 2 amide bonds. The van der Waals surface area contributed by atoms with E-state index in [2.05, 4.69) is 10.1 Å². The summed E-state index contributed by atoms with van der Waals surface area (Å²) in [5.41, 5.74) is 0.391. The van der Waals surface area contributed by atoms with Gasteiger partial charge in [-0.2, -0.15) is 20.1 Å². The highest BCUT2D eigenvalue weighted by atomic mass is 32.1. The maximum absolute atomic E-state index is 13.4. The Labute approximate surface area is 182 Å². The van der Waals surface area contributed by atoms with Crippen molar-refractivity contribution in [1.82, 2.24) is 5.32 Å².